The second-order valence-corrected chi connectivity index (χ2v) is 7.39. The van der Waals surface area contributed by atoms with Gasteiger partial charge in [0.25, 0.3) is 0 Å². The monoisotopic (exact) mass is 393 g/mol. The zero-order valence-electron chi connectivity index (χ0n) is 15.4. The summed E-state index contributed by atoms with van der Waals surface area (Å²) in [7, 11) is 0. The van der Waals surface area contributed by atoms with Crippen LogP contribution in [0, 0.1) is 11.8 Å². The summed E-state index contributed by atoms with van der Waals surface area (Å²) in [5.74, 6) is -1.09. The number of aromatic nitrogens is 2. The fourth-order valence-electron chi connectivity index (χ4n) is 3.74. The van der Waals surface area contributed by atoms with E-state index in [1.165, 1.54) is 11.1 Å². The van der Waals surface area contributed by atoms with Gasteiger partial charge in [0.15, 0.2) is 5.82 Å². The summed E-state index contributed by atoms with van der Waals surface area (Å²) in [6.07, 6.45) is 3.82. The highest BCUT2D eigenvalue weighted by molar-refractivity contribution is 5.97. The molecule has 0 bridgehead atoms. The molecule has 3 rings (SSSR count). The van der Waals surface area contributed by atoms with E-state index in [4.69, 9.17) is 0 Å². The molecule has 1 saturated heterocycles. The third-order valence-electron chi connectivity index (χ3n) is 5.38. The van der Waals surface area contributed by atoms with Crippen LogP contribution in [0.1, 0.15) is 32.1 Å². The van der Waals surface area contributed by atoms with Crippen LogP contribution in [0.5, 0.6) is 0 Å². The molecule has 1 aromatic heterocycles. The fourth-order valence-corrected chi connectivity index (χ4v) is 3.74. The van der Waals surface area contributed by atoms with Crippen LogP contribution in [0.15, 0.2) is 18.3 Å². The third-order valence-corrected chi connectivity index (χ3v) is 5.38. The lowest BCUT2D eigenvalue weighted by molar-refractivity contribution is -0.158. The summed E-state index contributed by atoms with van der Waals surface area (Å²) in [5, 5.41) is 20.0. The predicted octanol–water partition coefficient (Wildman–Crippen LogP) is 1.01. The molecule has 0 spiro atoms. The van der Waals surface area contributed by atoms with Gasteiger partial charge in [-0.05, 0) is 24.5 Å². The van der Waals surface area contributed by atoms with Crippen LogP contribution >= 0.6 is 0 Å². The molecule has 2 aliphatic rings. The van der Waals surface area contributed by atoms with Crippen molar-refractivity contribution in [1.29, 1.82) is 0 Å². The largest absolute Gasteiger partial charge is 0.327 e. The van der Waals surface area contributed by atoms with E-state index in [0.29, 0.717) is 17.4 Å². The van der Waals surface area contributed by atoms with Gasteiger partial charge in [0.1, 0.15) is 12.2 Å². The molecule has 2 N–H and O–H groups in total. The van der Waals surface area contributed by atoms with Crippen LogP contribution in [0.2, 0.25) is 0 Å². The number of anilines is 1. The van der Waals surface area contributed by atoms with Crippen LogP contribution in [-0.2, 0) is 14.4 Å². The smallest absolute Gasteiger partial charge is 0.248 e. The first-order valence-corrected chi connectivity index (χ1v) is 9.42. The molecule has 152 valence electrons. The molecule has 2 fully saturated rings. The maximum Gasteiger partial charge on any atom is 0.248 e. The quantitative estimate of drug-likeness (QED) is 0.387. The molecule has 1 aromatic rings. The summed E-state index contributed by atoms with van der Waals surface area (Å²) < 4.78 is 14.1. The number of alkyl halides is 1. The summed E-state index contributed by atoms with van der Waals surface area (Å²) in [6.45, 7) is -0.365. The third kappa shape index (κ3) is 4.80. The van der Waals surface area contributed by atoms with E-state index in [9.17, 15) is 24.0 Å². The number of hydrogen-bond acceptors (Lipinski definition) is 6. The maximum absolute atomic E-state index is 14.1. The van der Waals surface area contributed by atoms with E-state index in [1.54, 1.807) is 12.1 Å². The molecular weight excluding hydrogens is 369 g/mol. The van der Waals surface area contributed by atoms with E-state index in [0.717, 1.165) is 19.3 Å². The molecule has 2 heterocycles. The Morgan fingerprint density at radius 2 is 2.25 bits per heavy atom. The Labute approximate surface area is 161 Å². The van der Waals surface area contributed by atoms with Gasteiger partial charge in [-0.2, -0.15) is 5.10 Å². The lowest BCUT2D eigenvalue weighted by atomic mass is 9.78. The van der Waals surface area contributed by atoms with Crippen molar-refractivity contribution in [2.45, 2.75) is 44.3 Å². The number of hydroxylamine groups is 2. The van der Waals surface area contributed by atoms with Gasteiger partial charge in [-0.15, -0.1) is 5.10 Å². The number of hydrogen-bond donors (Lipinski definition) is 2. The Balaban J connectivity index is 1.71. The Hall–Kier alpha value is -2.62. The first kappa shape index (κ1) is 20.1. The van der Waals surface area contributed by atoms with Crippen molar-refractivity contribution >= 4 is 24.0 Å². The zero-order chi connectivity index (χ0) is 20.1. The first-order chi connectivity index (χ1) is 13.5. The maximum atomic E-state index is 14.1. The topological polar surface area (TPSA) is 116 Å². The minimum atomic E-state index is -1.32. The average Bonchev–Trinajstić information content (AvgIpc) is 3.05. The molecule has 3 amide bonds. The summed E-state index contributed by atoms with van der Waals surface area (Å²) in [6, 6.07) is 2.17. The standard InChI is InChI=1S/C18H24FN5O4/c19-14-8-15(17(26)21-16-5-2-6-20-22-16)24(10-14)18(27)13(9-23(28)11-25)7-12-3-1-4-12/h2,5-6,11-15,28H,1,3-4,7-10H2,(H,21,22,26). The number of carbonyl (C=O) groups excluding carboxylic acids is 3. The van der Waals surface area contributed by atoms with Gasteiger partial charge in [-0.1, -0.05) is 19.3 Å². The van der Waals surface area contributed by atoms with Gasteiger partial charge in [-0.3, -0.25) is 19.6 Å². The second kappa shape index (κ2) is 9.05. The van der Waals surface area contributed by atoms with Gasteiger partial charge in [0, 0.05) is 12.6 Å². The van der Waals surface area contributed by atoms with Gasteiger partial charge in [0.05, 0.1) is 19.0 Å². The zero-order valence-corrected chi connectivity index (χ0v) is 15.4. The molecule has 1 aliphatic heterocycles. The lowest BCUT2D eigenvalue weighted by Gasteiger charge is -2.33. The Kier molecular flexibility index (Phi) is 6.50. The van der Waals surface area contributed by atoms with Crippen LogP contribution < -0.4 is 5.32 Å². The normalized spacial score (nSPS) is 23.0. The molecule has 9 nitrogen and oxygen atoms in total. The highest BCUT2D eigenvalue weighted by Crippen LogP contribution is 2.34. The first-order valence-electron chi connectivity index (χ1n) is 9.42. The summed E-state index contributed by atoms with van der Waals surface area (Å²) >= 11 is 0. The minimum Gasteiger partial charge on any atom is -0.327 e. The van der Waals surface area contributed by atoms with Crippen molar-refractivity contribution < 1.29 is 24.0 Å². The van der Waals surface area contributed by atoms with E-state index in [2.05, 4.69) is 15.5 Å². The van der Waals surface area contributed by atoms with Crippen LogP contribution in [0.4, 0.5) is 10.2 Å². The highest BCUT2D eigenvalue weighted by Gasteiger charge is 2.43. The number of nitrogens with zero attached hydrogens (tertiary/aromatic N) is 4. The number of halogens is 1. The minimum absolute atomic E-state index is 0.107. The van der Waals surface area contributed by atoms with Gasteiger partial charge in [0.2, 0.25) is 18.2 Å². The molecule has 3 atom stereocenters. The van der Waals surface area contributed by atoms with Gasteiger partial charge < -0.3 is 10.2 Å². The average molecular weight is 393 g/mol. The molecular formula is C18H24FN5O4. The summed E-state index contributed by atoms with van der Waals surface area (Å²) in [4.78, 5) is 37.7. The number of amides is 3. The molecule has 0 aromatic carbocycles. The fraction of sp³-hybridized carbons (Fsp3) is 0.611. The van der Waals surface area contributed by atoms with Crippen LogP contribution in [0.3, 0.4) is 0 Å². The Morgan fingerprint density at radius 1 is 1.46 bits per heavy atom. The van der Waals surface area contributed by atoms with Crippen molar-refractivity contribution in [3.05, 3.63) is 18.3 Å². The van der Waals surface area contributed by atoms with E-state index in [1.807, 2.05) is 0 Å². The Bertz CT molecular complexity index is 702. The van der Waals surface area contributed by atoms with E-state index >= 15 is 0 Å². The van der Waals surface area contributed by atoms with Crippen molar-refractivity contribution in [2.24, 2.45) is 11.8 Å². The molecule has 1 aliphatic carbocycles. The van der Waals surface area contributed by atoms with Crippen LogP contribution in [-0.4, -0.2) is 68.9 Å². The van der Waals surface area contributed by atoms with E-state index < -0.39 is 29.9 Å². The molecule has 28 heavy (non-hydrogen) atoms. The highest BCUT2D eigenvalue weighted by atomic mass is 19.1. The van der Waals surface area contributed by atoms with Crippen molar-refractivity contribution in [3.8, 4) is 0 Å². The molecule has 0 radical (unpaired) electrons. The van der Waals surface area contributed by atoms with Crippen molar-refractivity contribution in [3.63, 3.8) is 0 Å². The number of rotatable bonds is 8. The van der Waals surface area contributed by atoms with Crippen LogP contribution in [0.25, 0.3) is 0 Å². The second-order valence-electron chi connectivity index (χ2n) is 7.39. The SMILES string of the molecule is O=CN(O)CC(CC1CCC1)C(=O)N1CC(F)CC1C(=O)Nc1cccnn1. The molecule has 10 heteroatoms. The number of nitrogens with one attached hydrogen (secondary N) is 1. The Morgan fingerprint density at radius 3 is 2.86 bits per heavy atom. The predicted molar refractivity (Wildman–Crippen MR) is 95.7 cm³/mol. The number of likely N-dealkylation sites (tertiary alicyclic amines) is 1. The van der Waals surface area contributed by atoms with Crippen molar-refractivity contribution in [2.75, 3.05) is 18.4 Å². The molecule has 3 unspecified atom stereocenters. The summed E-state index contributed by atoms with van der Waals surface area (Å²) in [5.41, 5.74) is 0. The lowest BCUT2D eigenvalue weighted by Crippen LogP contribution is -2.48. The van der Waals surface area contributed by atoms with Crippen molar-refractivity contribution in [1.82, 2.24) is 20.2 Å². The number of carbonyl (C=O) groups is 3. The van der Waals surface area contributed by atoms with Gasteiger partial charge >= 0.3 is 0 Å². The molecule has 1 saturated carbocycles. The van der Waals surface area contributed by atoms with E-state index in [-0.39, 0.29) is 31.7 Å². The van der Waals surface area contributed by atoms with Gasteiger partial charge in [-0.25, -0.2) is 9.45 Å².